The number of rotatable bonds is 14. The van der Waals surface area contributed by atoms with Crippen molar-refractivity contribution in [3.8, 4) is 0 Å². The van der Waals surface area contributed by atoms with Crippen molar-refractivity contribution in [3.05, 3.63) is 23.0 Å². The number of carbonyl (C=O) groups is 3. The number of nitrogens with zero attached hydrogens (tertiary/aromatic N) is 7. The van der Waals surface area contributed by atoms with Crippen LogP contribution in [0.2, 0.25) is 0 Å². The first-order valence-corrected chi connectivity index (χ1v) is 14.9. The molecule has 2 aliphatic rings. The predicted octanol–water partition coefficient (Wildman–Crippen LogP) is -3.11. The Morgan fingerprint density at radius 1 is 1.37 bits per heavy atom. The van der Waals surface area contributed by atoms with E-state index in [1.165, 1.54) is 17.9 Å². The molecule has 3 heterocycles. The molecule has 1 saturated heterocycles. The predicted molar refractivity (Wildman–Crippen MR) is 152 cm³/mol. The summed E-state index contributed by atoms with van der Waals surface area (Å²) in [6, 6.07) is -2.70. The molecule has 22 heteroatoms. The Morgan fingerprint density at radius 2 is 2.09 bits per heavy atom. The van der Waals surface area contributed by atoms with Gasteiger partial charge >= 0.3 is 16.3 Å². The molecule has 43 heavy (non-hydrogen) atoms. The Hall–Kier alpha value is -4.25. The molecule has 20 nitrogen and oxygen atoms in total. The number of aromatic nitrogens is 4. The second kappa shape index (κ2) is 14.3. The lowest BCUT2D eigenvalue weighted by Gasteiger charge is -2.43. The number of aliphatic imine (C=N–C) groups is 1. The number of hydrogen-bond acceptors (Lipinski definition) is 15. The largest absolute Gasteiger partial charge is 0.478 e. The molecule has 4 rings (SSSR count). The molecule has 2 amide bonds. The molecular formula is C21H32N12O8S2. The van der Waals surface area contributed by atoms with Gasteiger partial charge < -0.3 is 37.8 Å². The van der Waals surface area contributed by atoms with Crippen LogP contribution in [0.5, 0.6) is 0 Å². The zero-order valence-corrected chi connectivity index (χ0v) is 24.5. The number of carbonyl (C=O) groups excluding carboxylic acids is 2. The van der Waals surface area contributed by atoms with Gasteiger partial charge in [-0.2, -0.15) is 23.4 Å². The highest BCUT2D eigenvalue weighted by molar-refractivity contribution is 7.84. The summed E-state index contributed by atoms with van der Waals surface area (Å²) in [7, 11) is -3.26. The van der Waals surface area contributed by atoms with Crippen molar-refractivity contribution in [2.24, 2.45) is 21.6 Å². The summed E-state index contributed by atoms with van der Waals surface area (Å²) in [6.45, 7) is 1.54. The molecular weight excluding hydrogens is 612 g/mol. The first-order chi connectivity index (χ1) is 20.4. The van der Waals surface area contributed by atoms with E-state index in [4.69, 9.17) is 22.0 Å². The number of nitrogens with two attached hydrogens (primary N) is 3. The van der Waals surface area contributed by atoms with Crippen molar-refractivity contribution in [2.75, 3.05) is 25.9 Å². The molecule has 2 aromatic rings. The number of thiazole rings is 1. The SMILES string of the molecule is CNCc1cnn(CC2C(NC(=O)/C(=N\OC3(C(=O)O)CC3)c3csc(N)n3)C(=O)N2S(=O)(=O)O)n1.NC=NCCCN. The van der Waals surface area contributed by atoms with Crippen molar-refractivity contribution in [2.45, 2.75) is 50.0 Å². The molecule has 2 unspecified atom stereocenters. The van der Waals surface area contributed by atoms with Gasteiger partial charge in [-0.3, -0.25) is 19.1 Å². The maximum atomic E-state index is 13.1. The number of amides is 2. The molecule has 2 fully saturated rings. The second-order valence-corrected chi connectivity index (χ2v) is 11.3. The molecule has 0 aromatic carbocycles. The van der Waals surface area contributed by atoms with Gasteiger partial charge in [-0.15, -0.1) is 11.3 Å². The molecule has 0 radical (unpaired) electrons. The Balaban J connectivity index is 0.000000646. The van der Waals surface area contributed by atoms with E-state index in [0.29, 0.717) is 18.8 Å². The van der Waals surface area contributed by atoms with Crippen LogP contribution in [0.25, 0.3) is 0 Å². The third-order valence-electron chi connectivity index (χ3n) is 5.98. The van der Waals surface area contributed by atoms with E-state index in [1.807, 2.05) is 0 Å². The van der Waals surface area contributed by atoms with Gasteiger partial charge in [0.05, 0.1) is 24.8 Å². The zero-order chi connectivity index (χ0) is 31.8. The molecule has 2 aromatic heterocycles. The van der Waals surface area contributed by atoms with Gasteiger partial charge in [0, 0.05) is 31.3 Å². The van der Waals surface area contributed by atoms with Crippen molar-refractivity contribution in [3.63, 3.8) is 0 Å². The first kappa shape index (κ1) is 33.3. The molecule has 10 N–H and O–H groups in total. The number of oxime groups is 1. The molecule has 1 saturated carbocycles. The highest BCUT2D eigenvalue weighted by atomic mass is 32.2. The lowest BCUT2D eigenvalue weighted by Crippen LogP contribution is -2.73. The van der Waals surface area contributed by atoms with E-state index in [2.05, 4.69) is 36.0 Å². The van der Waals surface area contributed by atoms with Crippen LogP contribution >= 0.6 is 11.3 Å². The van der Waals surface area contributed by atoms with Crippen LogP contribution < -0.4 is 27.8 Å². The van der Waals surface area contributed by atoms with E-state index >= 15 is 0 Å². The maximum Gasteiger partial charge on any atom is 0.362 e. The zero-order valence-electron chi connectivity index (χ0n) is 22.9. The van der Waals surface area contributed by atoms with Crippen molar-refractivity contribution in [1.29, 1.82) is 0 Å². The second-order valence-electron chi connectivity index (χ2n) is 9.15. The van der Waals surface area contributed by atoms with Crippen LogP contribution in [0.1, 0.15) is 30.7 Å². The third kappa shape index (κ3) is 8.41. The minimum Gasteiger partial charge on any atom is -0.478 e. The fraction of sp³-hybridized carbons (Fsp3) is 0.524. The number of carboxylic acid groups (broad SMARTS) is 1. The summed E-state index contributed by atoms with van der Waals surface area (Å²) in [4.78, 5) is 51.0. The van der Waals surface area contributed by atoms with Gasteiger partial charge in [-0.1, -0.05) is 5.16 Å². The Labute approximate surface area is 249 Å². The summed E-state index contributed by atoms with van der Waals surface area (Å²) >= 11 is 0.978. The van der Waals surface area contributed by atoms with Gasteiger partial charge in [-0.25, -0.2) is 14.1 Å². The average Bonchev–Trinajstić information content (AvgIpc) is 3.42. The minimum absolute atomic E-state index is 0.0448. The summed E-state index contributed by atoms with van der Waals surface area (Å²) in [5.74, 6) is -3.38. The third-order valence-corrected chi connectivity index (χ3v) is 7.60. The van der Waals surface area contributed by atoms with Crippen LogP contribution in [-0.2, 0) is 42.6 Å². The van der Waals surface area contributed by atoms with Gasteiger partial charge in [0.1, 0.15) is 17.8 Å². The van der Waals surface area contributed by atoms with Crippen LogP contribution in [0.4, 0.5) is 5.13 Å². The Morgan fingerprint density at radius 3 is 2.63 bits per heavy atom. The topological polar surface area (TPSA) is 309 Å². The van der Waals surface area contributed by atoms with E-state index < -0.39 is 51.5 Å². The minimum atomic E-state index is -4.95. The van der Waals surface area contributed by atoms with Crippen molar-refractivity contribution >= 4 is 56.6 Å². The summed E-state index contributed by atoms with van der Waals surface area (Å²) < 4.78 is 33.3. The molecule has 2 atom stereocenters. The van der Waals surface area contributed by atoms with E-state index in [1.54, 1.807) is 7.05 Å². The smallest absolute Gasteiger partial charge is 0.362 e. The van der Waals surface area contributed by atoms with Crippen LogP contribution in [0.3, 0.4) is 0 Å². The first-order valence-electron chi connectivity index (χ1n) is 12.6. The number of carboxylic acids is 1. The highest BCUT2D eigenvalue weighted by Gasteiger charge is 2.56. The average molecular weight is 645 g/mol. The quantitative estimate of drug-likeness (QED) is 0.0267. The fourth-order valence-corrected chi connectivity index (χ4v) is 5.07. The standard InChI is InChI=1S/C17H21N9O8S2.C4H11N3/c1-19-4-8-5-20-25(23-8)6-10-12(14(28)26(10)36(31,32)33)22-13(27)11(9-7-35-16(18)21-9)24-34-17(2-3-17)15(29)30;5-2-1-3-7-4-6/h5,7,10,12,19H,2-4,6H2,1H3,(H2,18,21)(H,22,27)(H,29,30)(H,31,32,33);4H,1-3,5H2,(H2,6,7)/b24-11-;. The van der Waals surface area contributed by atoms with Gasteiger partial charge in [0.15, 0.2) is 10.8 Å². The van der Waals surface area contributed by atoms with Gasteiger partial charge in [0.25, 0.3) is 11.8 Å². The lowest BCUT2D eigenvalue weighted by atomic mass is 9.98. The summed E-state index contributed by atoms with van der Waals surface area (Å²) in [6.07, 6.45) is 4.01. The van der Waals surface area contributed by atoms with E-state index in [9.17, 15) is 32.5 Å². The molecule has 236 valence electrons. The number of β-lactam (4-membered cyclic amide) rings is 1. The van der Waals surface area contributed by atoms with Crippen LogP contribution in [0, 0.1) is 0 Å². The normalized spacial score (nSPS) is 19.4. The number of aliphatic carboxylic acids is 1. The number of anilines is 1. The summed E-state index contributed by atoms with van der Waals surface area (Å²) in [5.41, 5.74) is 14.2. The highest BCUT2D eigenvalue weighted by Crippen LogP contribution is 2.40. The van der Waals surface area contributed by atoms with Gasteiger partial charge in [-0.05, 0) is 20.0 Å². The van der Waals surface area contributed by atoms with E-state index in [0.717, 1.165) is 29.1 Å². The van der Waals surface area contributed by atoms with Crippen molar-refractivity contribution in [1.82, 2.24) is 34.9 Å². The number of hydrogen-bond donors (Lipinski definition) is 7. The lowest BCUT2D eigenvalue weighted by molar-refractivity contribution is -0.153. The molecule has 0 spiro atoms. The van der Waals surface area contributed by atoms with Gasteiger partial charge in [0.2, 0.25) is 5.60 Å². The van der Waals surface area contributed by atoms with Crippen LogP contribution in [0.15, 0.2) is 21.7 Å². The maximum absolute atomic E-state index is 13.1. The number of nitrogens with one attached hydrogen (secondary N) is 2. The Kier molecular flexibility index (Phi) is 11.0. The molecule has 1 aliphatic carbocycles. The van der Waals surface area contributed by atoms with Crippen LogP contribution in [-0.4, -0.2) is 110 Å². The summed E-state index contributed by atoms with van der Waals surface area (Å²) in [5, 5.41) is 27.8. The molecule has 0 bridgehead atoms. The Bertz CT molecular complexity index is 1470. The van der Waals surface area contributed by atoms with E-state index in [-0.39, 0.29) is 34.5 Å². The number of nitrogen functional groups attached to an aromatic ring is 1. The van der Waals surface area contributed by atoms with Crippen molar-refractivity contribution < 1.29 is 37.3 Å². The molecule has 1 aliphatic heterocycles. The monoisotopic (exact) mass is 644 g/mol. The fourth-order valence-electron chi connectivity index (χ4n) is 3.65.